The number of ether oxygens (including phenoxy) is 1. The van der Waals surface area contributed by atoms with Crippen LogP contribution in [0.2, 0.25) is 10.0 Å². The molecule has 1 fully saturated rings. The number of aliphatic hydroxyl groups is 1. The van der Waals surface area contributed by atoms with Gasteiger partial charge in [-0.3, -0.25) is 9.78 Å². The summed E-state index contributed by atoms with van der Waals surface area (Å²) in [5.41, 5.74) is -4.78. The summed E-state index contributed by atoms with van der Waals surface area (Å²) < 4.78 is 60.1. The molecule has 2 aromatic heterocycles. The first-order valence-electron chi connectivity index (χ1n) is 10.3. The van der Waals surface area contributed by atoms with Crippen molar-refractivity contribution in [2.24, 2.45) is 0 Å². The number of benzene rings is 1. The molecule has 0 aliphatic heterocycles. The number of pyridine rings is 1. The smallest absolute Gasteiger partial charge is 0.349 e. The van der Waals surface area contributed by atoms with E-state index in [1.165, 1.54) is 0 Å². The zero-order valence-electron chi connectivity index (χ0n) is 18.6. The maximum absolute atomic E-state index is 13.0. The molecule has 3 aromatic rings. The van der Waals surface area contributed by atoms with Gasteiger partial charge in [0.1, 0.15) is 12.7 Å². The lowest BCUT2D eigenvalue weighted by atomic mass is 9.62. The van der Waals surface area contributed by atoms with Crippen molar-refractivity contribution < 1.29 is 32.1 Å². The highest BCUT2D eigenvalue weighted by Gasteiger charge is 2.42. The van der Waals surface area contributed by atoms with Gasteiger partial charge in [-0.05, 0) is 25.0 Å². The lowest BCUT2D eigenvalue weighted by molar-refractivity contribution is 0.0532. The fraction of sp³-hybridized carbons (Fsp3) is 0.263. The molecule has 37 heavy (non-hydrogen) atoms. The van der Waals surface area contributed by atoms with Gasteiger partial charge in [0.15, 0.2) is 17.2 Å². The lowest BCUT2D eigenvalue weighted by Gasteiger charge is -2.42. The Bertz CT molecular complexity index is 1590. The summed E-state index contributed by atoms with van der Waals surface area (Å²) in [7, 11) is -2.67. The Labute approximate surface area is 217 Å². The first-order valence-corrected chi connectivity index (χ1v) is 12.5. The van der Waals surface area contributed by atoms with E-state index in [2.05, 4.69) is 14.8 Å². The van der Waals surface area contributed by atoms with Gasteiger partial charge in [0.05, 0.1) is 28.0 Å². The number of aromatic hydroxyl groups is 1. The molecule has 0 radical (unpaired) electrons. The van der Waals surface area contributed by atoms with Crippen molar-refractivity contribution >= 4 is 41.1 Å². The van der Waals surface area contributed by atoms with E-state index in [1.54, 1.807) is 12.8 Å². The molecular weight excluding hydrogens is 562 g/mol. The molecule has 1 aliphatic carbocycles. The largest absolute Gasteiger partial charge is 0.505 e. The number of nitrogens with zero attached hydrogens (tertiary/aromatic N) is 3. The maximum Gasteiger partial charge on any atom is 0.349 e. The third kappa shape index (κ3) is 5.47. The molecule has 1 aromatic carbocycles. The van der Waals surface area contributed by atoms with Gasteiger partial charge < -0.3 is 14.9 Å². The van der Waals surface area contributed by atoms with Crippen LogP contribution >= 0.6 is 23.2 Å². The lowest BCUT2D eigenvalue weighted by Crippen LogP contribution is -2.59. The number of aromatic amines is 1. The first-order chi connectivity index (χ1) is 17.2. The van der Waals surface area contributed by atoms with Crippen LogP contribution in [0.4, 0.5) is 8.78 Å². The van der Waals surface area contributed by atoms with Crippen LogP contribution in [0, 0.1) is 0 Å². The van der Waals surface area contributed by atoms with E-state index in [9.17, 15) is 37.0 Å². The molecule has 1 saturated carbocycles. The van der Waals surface area contributed by atoms with Crippen LogP contribution in [-0.4, -0.2) is 57.8 Å². The van der Waals surface area contributed by atoms with Crippen LogP contribution < -0.4 is 20.7 Å². The Hall–Kier alpha value is -3.05. The zero-order chi connectivity index (χ0) is 27.3. The molecule has 12 nitrogen and oxygen atoms in total. The van der Waals surface area contributed by atoms with Gasteiger partial charge in [0, 0.05) is 11.5 Å². The third-order valence-corrected chi connectivity index (χ3v) is 7.59. The normalized spacial score (nSPS) is 19.6. The second-order valence-electron chi connectivity index (χ2n) is 8.42. The average molecular weight is 578 g/mol. The molecule has 18 heteroatoms. The summed E-state index contributed by atoms with van der Waals surface area (Å²) in [5, 5.41) is 22.5. The molecule has 0 atom stereocenters. The van der Waals surface area contributed by atoms with Crippen LogP contribution in [0.15, 0.2) is 38.9 Å². The minimum atomic E-state index is -4.26. The summed E-state index contributed by atoms with van der Waals surface area (Å²) in [4.78, 5) is 28.6. The van der Waals surface area contributed by atoms with Gasteiger partial charge in [0.25, 0.3) is 12.0 Å². The van der Waals surface area contributed by atoms with Crippen LogP contribution in [0.25, 0.3) is 5.69 Å². The SMILES string of the molecule is B[C@]1(NS(=O)(=O)c2cc(Oc3c(Cl)cc(-n4nc(C(F)F)c(=O)[nH]c4=O)cc3Cl)ncc2O)C[C@H](O)C1. The third-order valence-electron chi connectivity index (χ3n) is 5.36. The monoisotopic (exact) mass is 577 g/mol. The highest BCUT2D eigenvalue weighted by molar-refractivity contribution is 7.89. The zero-order valence-corrected chi connectivity index (χ0v) is 20.9. The van der Waals surface area contributed by atoms with Crippen molar-refractivity contribution in [3.63, 3.8) is 0 Å². The van der Waals surface area contributed by atoms with Crippen LogP contribution in [0.1, 0.15) is 25.0 Å². The number of aliphatic hydroxyl groups excluding tert-OH is 1. The van der Waals surface area contributed by atoms with Gasteiger partial charge in [-0.15, -0.1) is 0 Å². The van der Waals surface area contributed by atoms with Gasteiger partial charge in [-0.2, -0.15) is 9.78 Å². The predicted molar refractivity (Wildman–Crippen MR) is 128 cm³/mol. The van der Waals surface area contributed by atoms with E-state index in [4.69, 9.17) is 27.9 Å². The topological polar surface area (TPSA) is 176 Å². The summed E-state index contributed by atoms with van der Waals surface area (Å²) in [6, 6.07) is 3.07. The molecule has 0 amide bonds. The molecule has 2 heterocycles. The van der Waals surface area contributed by atoms with E-state index in [0.717, 1.165) is 24.4 Å². The standard InChI is InChI=1S/C19H16BCl2F2N5O7S/c20-19(4-8(30)5-19)28-37(34,35)12-3-13(25-6-11(12)31)36-15-9(21)1-7(2-10(15)22)29-18(33)26-17(32)14(27-29)16(23)24/h1-3,6,8,16,28,30-31H,4-5,20H2,(H,26,32,33)/t8-,19-. The molecule has 0 saturated heterocycles. The van der Waals surface area contributed by atoms with Gasteiger partial charge in [0.2, 0.25) is 15.9 Å². The number of alkyl halides is 2. The summed E-state index contributed by atoms with van der Waals surface area (Å²) >= 11 is 12.4. The minimum absolute atomic E-state index is 0.186. The summed E-state index contributed by atoms with van der Waals surface area (Å²) in [5.74, 6) is -1.26. The Balaban J connectivity index is 1.66. The molecule has 4 N–H and O–H groups in total. The number of sulfonamides is 1. The average Bonchev–Trinajstić information content (AvgIpc) is 2.75. The number of halogens is 4. The fourth-order valence-electron chi connectivity index (χ4n) is 3.73. The highest BCUT2D eigenvalue weighted by Crippen LogP contribution is 2.39. The van der Waals surface area contributed by atoms with Crippen molar-refractivity contribution in [1.82, 2.24) is 24.5 Å². The Morgan fingerprint density at radius 2 is 1.86 bits per heavy atom. The van der Waals surface area contributed by atoms with E-state index < -0.39 is 55.6 Å². The molecular formula is C19H16BCl2F2N5O7S. The van der Waals surface area contributed by atoms with E-state index in [0.29, 0.717) is 4.68 Å². The van der Waals surface area contributed by atoms with Crippen molar-refractivity contribution in [3.05, 3.63) is 61.0 Å². The molecule has 0 spiro atoms. The molecule has 0 bridgehead atoms. The van der Waals surface area contributed by atoms with Gasteiger partial charge in [-0.1, -0.05) is 23.2 Å². The summed E-state index contributed by atoms with van der Waals surface area (Å²) in [6.45, 7) is 0. The maximum atomic E-state index is 13.0. The quantitative estimate of drug-likeness (QED) is 0.296. The number of rotatable bonds is 7. The summed E-state index contributed by atoms with van der Waals surface area (Å²) in [6.07, 6.45) is -2.71. The number of aromatic nitrogens is 4. The van der Waals surface area contributed by atoms with Crippen molar-refractivity contribution in [2.45, 2.75) is 35.7 Å². The van der Waals surface area contributed by atoms with Crippen molar-refractivity contribution in [1.29, 1.82) is 0 Å². The Kier molecular flexibility index (Phi) is 7.07. The van der Waals surface area contributed by atoms with Crippen molar-refractivity contribution in [2.75, 3.05) is 0 Å². The van der Waals surface area contributed by atoms with Crippen LogP contribution in [0.5, 0.6) is 17.4 Å². The van der Waals surface area contributed by atoms with Crippen LogP contribution in [0.3, 0.4) is 0 Å². The molecule has 1 aliphatic rings. The molecule has 4 rings (SSSR count). The predicted octanol–water partition coefficient (Wildman–Crippen LogP) is 0.820. The van der Waals surface area contributed by atoms with Gasteiger partial charge in [-0.25, -0.2) is 31.7 Å². The van der Waals surface area contributed by atoms with Crippen molar-refractivity contribution in [3.8, 4) is 23.1 Å². The number of hydrogen-bond acceptors (Lipinski definition) is 9. The molecule has 196 valence electrons. The Morgan fingerprint density at radius 3 is 2.43 bits per heavy atom. The fourth-order valence-corrected chi connectivity index (χ4v) is 5.79. The second-order valence-corrected chi connectivity index (χ2v) is 10.9. The second kappa shape index (κ2) is 9.68. The Morgan fingerprint density at radius 1 is 1.24 bits per heavy atom. The number of hydrogen-bond donors (Lipinski definition) is 4. The van der Waals surface area contributed by atoms with E-state index in [-0.39, 0.29) is 40.2 Å². The van der Waals surface area contributed by atoms with Gasteiger partial charge >= 0.3 is 5.69 Å². The number of H-pyrrole nitrogens is 1. The van der Waals surface area contributed by atoms with E-state index in [1.807, 2.05) is 0 Å². The highest BCUT2D eigenvalue weighted by atomic mass is 35.5. The van der Waals surface area contributed by atoms with Crippen LogP contribution in [-0.2, 0) is 10.0 Å². The first kappa shape index (κ1) is 27.0. The minimum Gasteiger partial charge on any atom is -0.505 e. The number of nitrogens with one attached hydrogen (secondary N) is 2. The van der Waals surface area contributed by atoms with E-state index >= 15 is 0 Å². The molecule has 0 unspecified atom stereocenters.